The van der Waals surface area contributed by atoms with E-state index in [0.717, 1.165) is 58.0 Å². The van der Waals surface area contributed by atoms with E-state index in [4.69, 9.17) is 0 Å². The lowest BCUT2D eigenvalue weighted by Crippen LogP contribution is -2.51. The van der Waals surface area contributed by atoms with E-state index in [0.29, 0.717) is 37.4 Å². The molecular formula is C19H31N3O3. The number of carbonyl (C=O) groups is 3. The van der Waals surface area contributed by atoms with Gasteiger partial charge in [0.25, 0.3) is 0 Å². The first-order valence-corrected chi connectivity index (χ1v) is 9.88. The molecular weight excluding hydrogens is 318 g/mol. The maximum absolute atomic E-state index is 12.5. The molecule has 0 spiro atoms. The standard InChI is InChI=1S/C19H31N3O3/c1-14(23)20-13-15-9-11-22(19(25)12-15)17-7-5-16(6-8-17)21-10-3-2-4-18(21)24/h15-17H,2-13H2,1H3,(H,20,23). The zero-order valence-electron chi connectivity index (χ0n) is 15.3. The molecule has 2 saturated heterocycles. The Kier molecular flexibility index (Phi) is 5.97. The van der Waals surface area contributed by atoms with Crippen molar-refractivity contribution in [1.29, 1.82) is 0 Å². The van der Waals surface area contributed by atoms with Crippen LogP contribution in [-0.2, 0) is 14.4 Å². The number of carbonyl (C=O) groups excluding carboxylic acids is 3. The van der Waals surface area contributed by atoms with E-state index in [2.05, 4.69) is 15.1 Å². The van der Waals surface area contributed by atoms with Crippen LogP contribution in [-0.4, -0.2) is 59.2 Å². The van der Waals surface area contributed by atoms with Crippen LogP contribution >= 0.6 is 0 Å². The SMILES string of the molecule is CC(=O)NCC1CCN(C2CCC(N3CCCCC3=O)CC2)C(=O)C1. The Balaban J connectivity index is 1.46. The number of amides is 3. The van der Waals surface area contributed by atoms with Gasteiger partial charge in [-0.05, 0) is 50.9 Å². The third-order valence-electron chi connectivity index (χ3n) is 6.11. The minimum atomic E-state index is -0.0274. The van der Waals surface area contributed by atoms with Gasteiger partial charge in [0.05, 0.1) is 0 Å². The van der Waals surface area contributed by atoms with Gasteiger partial charge in [-0.25, -0.2) is 0 Å². The van der Waals surface area contributed by atoms with Gasteiger partial charge in [-0.3, -0.25) is 14.4 Å². The lowest BCUT2D eigenvalue weighted by atomic mass is 9.86. The summed E-state index contributed by atoms with van der Waals surface area (Å²) in [6, 6.07) is 0.724. The van der Waals surface area contributed by atoms with Gasteiger partial charge in [-0.1, -0.05) is 0 Å². The highest BCUT2D eigenvalue weighted by Gasteiger charge is 2.35. The number of nitrogens with one attached hydrogen (secondary N) is 1. The Labute approximate surface area is 150 Å². The summed E-state index contributed by atoms with van der Waals surface area (Å²) in [6.45, 7) is 3.85. The number of likely N-dealkylation sites (tertiary alicyclic amines) is 2. The number of hydrogen-bond acceptors (Lipinski definition) is 3. The summed E-state index contributed by atoms with van der Waals surface area (Å²) in [5.74, 6) is 0.805. The minimum absolute atomic E-state index is 0.0274. The first-order valence-electron chi connectivity index (χ1n) is 9.88. The van der Waals surface area contributed by atoms with Crippen LogP contribution in [0.25, 0.3) is 0 Å². The molecule has 6 heteroatoms. The van der Waals surface area contributed by atoms with Gasteiger partial charge < -0.3 is 15.1 Å². The zero-order valence-corrected chi connectivity index (χ0v) is 15.3. The molecule has 3 amide bonds. The predicted octanol–water partition coefficient (Wildman–Crippen LogP) is 1.68. The van der Waals surface area contributed by atoms with E-state index in [-0.39, 0.29) is 17.7 Å². The second-order valence-electron chi connectivity index (χ2n) is 7.89. The predicted molar refractivity (Wildman–Crippen MR) is 94.7 cm³/mol. The van der Waals surface area contributed by atoms with Crippen molar-refractivity contribution >= 4 is 17.7 Å². The summed E-state index contributed by atoms with van der Waals surface area (Å²) in [4.78, 5) is 39.8. The van der Waals surface area contributed by atoms with E-state index in [1.54, 1.807) is 0 Å². The van der Waals surface area contributed by atoms with Crippen molar-refractivity contribution in [2.24, 2.45) is 5.92 Å². The highest BCUT2D eigenvalue weighted by atomic mass is 16.2. The summed E-state index contributed by atoms with van der Waals surface area (Å²) in [7, 11) is 0. The van der Waals surface area contributed by atoms with E-state index in [9.17, 15) is 14.4 Å². The fourth-order valence-corrected chi connectivity index (χ4v) is 4.66. The largest absolute Gasteiger partial charge is 0.356 e. The number of nitrogens with zero attached hydrogens (tertiary/aromatic N) is 2. The number of piperidine rings is 2. The molecule has 1 saturated carbocycles. The summed E-state index contributed by atoms with van der Waals surface area (Å²) in [5.41, 5.74) is 0. The molecule has 0 radical (unpaired) electrons. The fourth-order valence-electron chi connectivity index (χ4n) is 4.66. The maximum Gasteiger partial charge on any atom is 0.223 e. The van der Waals surface area contributed by atoms with Crippen molar-refractivity contribution < 1.29 is 14.4 Å². The summed E-state index contributed by atoms with van der Waals surface area (Å²) >= 11 is 0. The average Bonchev–Trinajstić information content (AvgIpc) is 2.61. The molecule has 3 rings (SSSR count). The lowest BCUT2D eigenvalue weighted by molar-refractivity contribution is -0.141. The van der Waals surface area contributed by atoms with Gasteiger partial charge in [0, 0.05) is 51.5 Å². The maximum atomic E-state index is 12.5. The molecule has 2 aliphatic heterocycles. The molecule has 6 nitrogen and oxygen atoms in total. The van der Waals surface area contributed by atoms with Gasteiger partial charge in [-0.2, -0.15) is 0 Å². The van der Waals surface area contributed by atoms with Crippen LogP contribution in [0.15, 0.2) is 0 Å². The Morgan fingerprint density at radius 1 is 0.960 bits per heavy atom. The highest BCUT2D eigenvalue weighted by Crippen LogP contribution is 2.31. The molecule has 1 N–H and O–H groups in total. The topological polar surface area (TPSA) is 69.7 Å². The molecule has 3 fully saturated rings. The first-order chi connectivity index (χ1) is 12.0. The molecule has 3 aliphatic rings. The van der Waals surface area contributed by atoms with Crippen molar-refractivity contribution in [3.8, 4) is 0 Å². The smallest absolute Gasteiger partial charge is 0.223 e. The average molecular weight is 349 g/mol. The highest BCUT2D eigenvalue weighted by molar-refractivity contribution is 5.78. The molecule has 0 bridgehead atoms. The first kappa shape index (κ1) is 18.2. The van der Waals surface area contributed by atoms with Crippen LogP contribution in [0, 0.1) is 5.92 Å². The third kappa shape index (κ3) is 4.53. The van der Waals surface area contributed by atoms with Crippen molar-refractivity contribution in [2.45, 2.75) is 76.8 Å². The molecule has 140 valence electrons. The van der Waals surface area contributed by atoms with Crippen molar-refractivity contribution in [3.05, 3.63) is 0 Å². The van der Waals surface area contributed by atoms with E-state index in [1.807, 2.05) is 0 Å². The van der Waals surface area contributed by atoms with Crippen molar-refractivity contribution in [1.82, 2.24) is 15.1 Å². The molecule has 2 heterocycles. The molecule has 0 aromatic carbocycles. The van der Waals surface area contributed by atoms with Gasteiger partial charge in [0.15, 0.2) is 0 Å². The van der Waals surface area contributed by atoms with Crippen LogP contribution < -0.4 is 5.32 Å². The van der Waals surface area contributed by atoms with Crippen LogP contribution in [0.5, 0.6) is 0 Å². The van der Waals surface area contributed by atoms with Crippen LogP contribution in [0.4, 0.5) is 0 Å². The normalized spacial score (nSPS) is 31.2. The lowest BCUT2D eigenvalue weighted by Gasteiger charge is -2.43. The van der Waals surface area contributed by atoms with Crippen molar-refractivity contribution in [2.75, 3.05) is 19.6 Å². The Hall–Kier alpha value is -1.59. The summed E-state index contributed by atoms with van der Waals surface area (Å²) in [5, 5.41) is 2.83. The van der Waals surface area contributed by atoms with E-state index >= 15 is 0 Å². The van der Waals surface area contributed by atoms with E-state index < -0.39 is 0 Å². The third-order valence-corrected chi connectivity index (χ3v) is 6.11. The number of hydrogen-bond donors (Lipinski definition) is 1. The van der Waals surface area contributed by atoms with Gasteiger partial charge in [0.1, 0.15) is 0 Å². The summed E-state index contributed by atoms with van der Waals surface area (Å²) < 4.78 is 0. The Morgan fingerprint density at radius 2 is 1.60 bits per heavy atom. The van der Waals surface area contributed by atoms with Crippen LogP contribution in [0.3, 0.4) is 0 Å². The minimum Gasteiger partial charge on any atom is -0.356 e. The molecule has 1 aliphatic carbocycles. The molecule has 1 atom stereocenters. The monoisotopic (exact) mass is 349 g/mol. The quantitative estimate of drug-likeness (QED) is 0.840. The molecule has 0 aromatic rings. The number of rotatable bonds is 4. The van der Waals surface area contributed by atoms with Crippen LogP contribution in [0.1, 0.15) is 64.7 Å². The molecule has 25 heavy (non-hydrogen) atoms. The Bertz CT molecular complexity index is 514. The van der Waals surface area contributed by atoms with Gasteiger partial charge in [-0.15, -0.1) is 0 Å². The van der Waals surface area contributed by atoms with E-state index in [1.165, 1.54) is 6.92 Å². The Morgan fingerprint density at radius 3 is 2.16 bits per heavy atom. The molecule has 0 aromatic heterocycles. The van der Waals surface area contributed by atoms with Gasteiger partial charge in [0.2, 0.25) is 17.7 Å². The second kappa shape index (κ2) is 8.19. The van der Waals surface area contributed by atoms with Gasteiger partial charge >= 0.3 is 0 Å². The summed E-state index contributed by atoms with van der Waals surface area (Å²) in [6.07, 6.45) is 8.46. The molecule has 1 unspecified atom stereocenters. The second-order valence-corrected chi connectivity index (χ2v) is 7.89. The zero-order chi connectivity index (χ0) is 17.8. The van der Waals surface area contributed by atoms with Crippen LogP contribution in [0.2, 0.25) is 0 Å². The fraction of sp³-hybridized carbons (Fsp3) is 0.842. The van der Waals surface area contributed by atoms with Crippen molar-refractivity contribution in [3.63, 3.8) is 0 Å².